The highest BCUT2D eigenvalue weighted by Gasteiger charge is 2.14. The first-order valence-electron chi connectivity index (χ1n) is 6.11. The fraction of sp³-hybridized carbons (Fsp3) is 0.0714. The van der Waals surface area contributed by atoms with Gasteiger partial charge in [-0.1, -0.05) is 22.8 Å². The predicted molar refractivity (Wildman–Crippen MR) is 76.2 cm³/mol. The average molecular weight is 305 g/mol. The number of anilines is 1. The molecule has 0 bridgehead atoms. The van der Waals surface area contributed by atoms with E-state index in [4.69, 9.17) is 21.9 Å². The smallest absolute Gasteiger partial charge is 0.276 e. The van der Waals surface area contributed by atoms with Crippen LogP contribution in [-0.2, 0) is 6.42 Å². The Kier molecular flexibility index (Phi) is 3.53. The first-order valence-corrected chi connectivity index (χ1v) is 6.48. The molecule has 0 amide bonds. The van der Waals surface area contributed by atoms with Gasteiger partial charge < -0.3 is 10.3 Å². The van der Waals surface area contributed by atoms with Gasteiger partial charge in [0.2, 0.25) is 0 Å². The van der Waals surface area contributed by atoms with Crippen LogP contribution in [0.25, 0.3) is 11.6 Å². The standard InChI is InChI=1S/C14H10ClFN4O/c15-10-2-1-3-11(16)9(10)6-13-19-14(21-20-13)12-5-4-8(17)7-18-12/h1-5,7H,6,17H2. The lowest BCUT2D eigenvalue weighted by atomic mass is 10.1. The Hall–Kier alpha value is -2.47. The minimum atomic E-state index is -0.403. The van der Waals surface area contributed by atoms with Crippen LogP contribution in [-0.4, -0.2) is 15.1 Å². The molecule has 2 heterocycles. The predicted octanol–water partition coefficient (Wildman–Crippen LogP) is 3.10. The van der Waals surface area contributed by atoms with E-state index in [-0.39, 0.29) is 12.3 Å². The fourth-order valence-corrected chi connectivity index (χ4v) is 2.05. The van der Waals surface area contributed by atoms with E-state index >= 15 is 0 Å². The molecule has 106 valence electrons. The highest BCUT2D eigenvalue weighted by Crippen LogP contribution is 2.22. The van der Waals surface area contributed by atoms with Crippen LogP contribution in [0.1, 0.15) is 11.4 Å². The number of aromatic nitrogens is 3. The normalized spacial score (nSPS) is 10.8. The molecular weight excluding hydrogens is 295 g/mol. The number of rotatable bonds is 3. The lowest BCUT2D eigenvalue weighted by Crippen LogP contribution is -1.96. The van der Waals surface area contributed by atoms with E-state index in [1.54, 1.807) is 24.3 Å². The van der Waals surface area contributed by atoms with Crippen LogP contribution in [0.3, 0.4) is 0 Å². The topological polar surface area (TPSA) is 77.8 Å². The third-order valence-electron chi connectivity index (χ3n) is 2.87. The van der Waals surface area contributed by atoms with Gasteiger partial charge in [-0.2, -0.15) is 4.98 Å². The molecule has 0 aliphatic rings. The molecule has 0 aliphatic heterocycles. The van der Waals surface area contributed by atoms with E-state index < -0.39 is 5.82 Å². The van der Waals surface area contributed by atoms with Gasteiger partial charge in [-0.25, -0.2) is 9.37 Å². The average Bonchev–Trinajstić information content (AvgIpc) is 2.92. The van der Waals surface area contributed by atoms with Crippen molar-refractivity contribution in [2.24, 2.45) is 0 Å². The lowest BCUT2D eigenvalue weighted by Gasteiger charge is -2.01. The number of pyridine rings is 1. The monoisotopic (exact) mass is 304 g/mol. The van der Waals surface area contributed by atoms with Crippen LogP contribution in [0.15, 0.2) is 41.1 Å². The van der Waals surface area contributed by atoms with Crippen molar-refractivity contribution in [1.29, 1.82) is 0 Å². The molecule has 3 aromatic rings. The zero-order chi connectivity index (χ0) is 14.8. The Balaban J connectivity index is 1.87. The number of hydrogen-bond acceptors (Lipinski definition) is 5. The minimum Gasteiger partial charge on any atom is -0.397 e. The molecule has 2 aromatic heterocycles. The quantitative estimate of drug-likeness (QED) is 0.804. The van der Waals surface area contributed by atoms with Gasteiger partial charge in [0.25, 0.3) is 5.89 Å². The summed E-state index contributed by atoms with van der Waals surface area (Å²) in [5.74, 6) is 0.174. The van der Waals surface area contributed by atoms with E-state index in [1.165, 1.54) is 12.3 Å². The molecule has 0 saturated carbocycles. The number of nitrogens with two attached hydrogens (primary N) is 1. The molecule has 0 spiro atoms. The lowest BCUT2D eigenvalue weighted by molar-refractivity contribution is 0.422. The number of nitrogen functional groups attached to an aromatic ring is 1. The Labute approximate surface area is 124 Å². The van der Waals surface area contributed by atoms with Crippen molar-refractivity contribution in [3.63, 3.8) is 0 Å². The molecule has 0 atom stereocenters. The van der Waals surface area contributed by atoms with Gasteiger partial charge in [0.1, 0.15) is 11.5 Å². The Morgan fingerprint density at radius 1 is 1.24 bits per heavy atom. The molecule has 3 rings (SSSR count). The summed E-state index contributed by atoms with van der Waals surface area (Å²) in [6.45, 7) is 0. The maximum Gasteiger partial charge on any atom is 0.276 e. The van der Waals surface area contributed by atoms with Gasteiger partial charge in [0.05, 0.1) is 11.9 Å². The summed E-state index contributed by atoms with van der Waals surface area (Å²) in [6, 6.07) is 7.84. The van der Waals surface area contributed by atoms with Crippen molar-refractivity contribution in [1.82, 2.24) is 15.1 Å². The molecule has 0 unspecified atom stereocenters. The molecule has 0 aliphatic carbocycles. The van der Waals surface area contributed by atoms with E-state index in [9.17, 15) is 4.39 Å². The van der Waals surface area contributed by atoms with Crippen LogP contribution in [0.5, 0.6) is 0 Å². The van der Waals surface area contributed by atoms with Crippen molar-refractivity contribution in [2.75, 3.05) is 5.73 Å². The molecule has 0 saturated heterocycles. The van der Waals surface area contributed by atoms with E-state index in [2.05, 4.69) is 15.1 Å². The van der Waals surface area contributed by atoms with Gasteiger partial charge in [-0.3, -0.25) is 0 Å². The van der Waals surface area contributed by atoms with Crippen molar-refractivity contribution < 1.29 is 8.91 Å². The van der Waals surface area contributed by atoms with Gasteiger partial charge in [0, 0.05) is 17.0 Å². The zero-order valence-corrected chi connectivity index (χ0v) is 11.5. The van der Waals surface area contributed by atoms with Crippen LogP contribution >= 0.6 is 11.6 Å². The maximum absolute atomic E-state index is 13.7. The van der Waals surface area contributed by atoms with Crippen LogP contribution < -0.4 is 5.73 Å². The first kappa shape index (κ1) is 13.5. The molecule has 2 N–H and O–H groups in total. The summed E-state index contributed by atoms with van der Waals surface area (Å²) < 4.78 is 18.8. The number of hydrogen-bond donors (Lipinski definition) is 1. The summed E-state index contributed by atoms with van der Waals surface area (Å²) in [6.07, 6.45) is 1.64. The maximum atomic E-state index is 13.7. The van der Waals surface area contributed by atoms with Crippen LogP contribution in [0.2, 0.25) is 5.02 Å². The summed E-state index contributed by atoms with van der Waals surface area (Å²) in [5, 5.41) is 4.14. The van der Waals surface area contributed by atoms with E-state index in [1.807, 2.05) is 0 Å². The molecule has 1 aromatic carbocycles. The zero-order valence-electron chi connectivity index (χ0n) is 10.8. The number of nitrogens with zero attached hydrogens (tertiary/aromatic N) is 3. The third-order valence-corrected chi connectivity index (χ3v) is 3.22. The van der Waals surface area contributed by atoms with E-state index in [0.29, 0.717) is 27.8 Å². The second-order valence-corrected chi connectivity index (χ2v) is 4.78. The van der Waals surface area contributed by atoms with Crippen molar-refractivity contribution >= 4 is 17.3 Å². The summed E-state index contributed by atoms with van der Waals surface area (Å²) in [5.41, 5.74) is 6.93. The Bertz CT molecular complexity index is 753. The number of benzene rings is 1. The second-order valence-electron chi connectivity index (χ2n) is 4.37. The van der Waals surface area contributed by atoms with Gasteiger partial charge >= 0.3 is 0 Å². The molecule has 0 radical (unpaired) electrons. The third kappa shape index (κ3) is 2.85. The van der Waals surface area contributed by atoms with E-state index in [0.717, 1.165) is 0 Å². The molecule has 7 heteroatoms. The van der Waals surface area contributed by atoms with Crippen molar-refractivity contribution in [3.05, 3.63) is 58.8 Å². The van der Waals surface area contributed by atoms with Gasteiger partial charge in [0.15, 0.2) is 5.82 Å². The minimum absolute atomic E-state index is 0.143. The molecule has 0 fully saturated rings. The van der Waals surface area contributed by atoms with Gasteiger partial charge in [-0.05, 0) is 24.3 Å². The summed E-state index contributed by atoms with van der Waals surface area (Å²) in [4.78, 5) is 8.26. The largest absolute Gasteiger partial charge is 0.397 e. The fourth-order valence-electron chi connectivity index (χ4n) is 1.82. The van der Waals surface area contributed by atoms with Crippen LogP contribution in [0, 0.1) is 5.82 Å². The number of halogens is 2. The highest BCUT2D eigenvalue weighted by molar-refractivity contribution is 6.31. The molecular formula is C14H10ClFN4O. The Morgan fingerprint density at radius 3 is 2.81 bits per heavy atom. The SMILES string of the molecule is Nc1ccc(-c2nc(Cc3c(F)cccc3Cl)no2)nc1. The summed E-state index contributed by atoms with van der Waals surface area (Å²) in [7, 11) is 0. The van der Waals surface area contributed by atoms with Crippen molar-refractivity contribution in [3.8, 4) is 11.6 Å². The summed E-state index contributed by atoms with van der Waals surface area (Å²) >= 11 is 5.97. The van der Waals surface area contributed by atoms with Crippen molar-refractivity contribution in [2.45, 2.75) is 6.42 Å². The first-order chi connectivity index (χ1) is 10.1. The Morgan fingerprint density at radius 2 is 2.10 bits per heavy atom. The molecule has 21 heavy (non-hydrogen) atoms. The second kappa shape index (κ2) is 5.49. The van der Waals surface area contributed by atoms with Crippen LogP contribution in [0.4, 0.5) is 10.1 Å². The van der Waals surface area contributed by atoms with Gasteiger partial charge in [-0.15, -0.1) is 0 Å². The highest BCUT2D eigenvalue weighted by atomic mass is 35.5. The molecule has 5 nitrogen and oxygen atoms in total.